The molecule has 1 atom stereocenters. The van der Waals surface area contributed by atoms with E-state index in [1.165, 1.54) is 0 Å². The van der Waals surface area contributed by atoms with Gasteiger partial charge in [-0.25, -0.2) is 0 Å². The van der Waals surface area contributed by atoms with Gasteiger partial charge in [0.2, 0.25) is 5.91 Å². The van der Waals surface area contributed by atoms with Crippen molar-refractivity contribution in [1.82, 2.24) is 5.32 Å². The van der Waals surface area contributed by atoms with Crippen molar-refractivity contribution in [2.45, 2.75) is 32.7 Å². The molecule has 0 aliphatic carbocycles. The second kappa shape index (κ2) is 7.65. The lowest BCUT2D eigenvalue weighted by Crippen LogP contribution is -2.38. The van der Waals surface area contributed by atoms with Crippen LogP contribution in [0, 0.1) is 11.3 Å². The van der Waals surface area contributed by atoms with Crippen LogP contribution in [0.1, 0.15) is 32.3 Å². The highest BCUT2D eigenvalue weighted by Gasteiger charge is 2.13. The van der Waals surface area contributed by atoms with Crippen molar-refractivity contribution in [1.29, 1.82) is 5.26 Å². The van der Waals surface area contributed by atoms with Gasteiger partial charge < -0.3 is 10.6 Å². The molecule has 0 saturated heterocycles. The van der Waals surface area contributed by atoms with E-state index < -0.39 is 6.04 Å². The molecule has 0 radical (unpaired) electrons. The van der Waals surface area contributed by atoms with Gasteiger partial charge in [-0.15, -0.1) is 0 Å². The topological polar surface area (TPSA) is 64.9 Å². The van der Waals surface area contributed by atoms with Crippen LogP contribution in [0.5, 0.6) is 0 Å². The average molecular weight is 280 g/mol. The van der Waals surface area contributed by atoms with Crippen LogP contribution < -0.4 is 10.6 Å². The lowest BCUT2D eigenvalue weighted by Gasteiger charge is -2.16. The number of carbonyl (C=O) groups excluding carboxylic acids is 1. The summed E-state index contributed by atoms with van der Waals surface area (Å²) in [6.07, 6.45) is 2.00. The van der Waals surface area contributed by atoms with Gasteiger partial charge in [-0.2, -0.15) is 5.26 Å². The first kappa shape index (κ1) is 15.3. The van der Waals surface area contributed by atoms with E-state index in [9.17, 15) is 4.79 Å². The molecule has 1 aromatic rings. The Kier molecular flexibility index (Phi) is 6.17. The summed E-state index contributed by atoms with van der Waals surface area (Å²) >= 11 is 6.03. The molecular formula is C14H18ClN3O. The van der Waals surface area contributed by atoms with Crippen LogP contribution >= 0.6 is 11.6 Å². The number of nitrogens with zero attached hydrogens (tertiary/aromatic N) is 1. The van der Waals surface area contributed by atoms with Crippen LogP contribution in [0.25, 0.3) is 0 Å². The molecule has 0 aliphatic heterocycles. The lowest BCUT2D eigenvalue weighted by atomic mass is 10.2. The van der Waals surface area contributed by atoms with Crippen molar-refractivity contribution < 1.29 is 4.79 Å². The summed E-state index contributed by atoms with van der Waals surface area (Å²) in [4.78, 5) is 11.8. The van der Waals surface area contributed by atoms with E-state index >= 15 is 0 Å². The number of nitriles is 1. The number of hydrogen-bond acceptors (Lipinski definition) is 3. The molecule has 2 N–H and O–H groups in total. The molecular weight excluding hydrogens is 262 g/mol. The number of amides is 1. The SMILES string of the molecule is CCCCNC(=O)C(C)Nc1cc(C#N)ccc1Cl. The lowest BCUT2D eigenvalue weighted by molar-refractivity contribution is -0.121. The predicted octanol–water partition coefficient (Wildman–Crippen LogP) is 2.93. The van der Waals surface area contributed by atoms with Crippen LogP contribution in [-0.2, 0) is 4.79 Å². The van der Waals surface area contributed by atoms with Crippen molar-refractivity contribution in [3.8, 4) is 6.07 Å². The van der Waals surface area contributed by atoms with E-state index in [4.69, 9.17) is 16.9 Å². The minimum atomic E-state index is -0.400. The van der Waals surface area contributed by atoms with Crippen LogP contribution in [0.3, 0.4) is 0 Å². The third-order valence-corrected chi connectivity index (χ3v) is 3.02. The normalized spacial score (nSPS) is 11.5. The Morgan fingerprint density at radius 2 is 2.26 bits per heavy atom. The summed E-state index contributed by atoms with van der Waals surface area (Å²) in [5.41, 5.74) is 1.10. The third kappa shape index (κ3) is 4.80. The number of anilines is 1. The number of unbranched alkanes of at least 4 members (excludes halogenated alkanes) is 1. The van der Waals surface area contributed by atoms with E-state index in [0.717, 1.165) is 12.8 Å². The molecule has 0 saturated carbocycles. The molecule has 1 aromatic carbocycles. The van der Waals surface area contributed by atoms with Crippen molar-refractivity contribution in [2.75, 3.05) is 11.9 Å². The molecule has 0 fully saturated rings. The first-order chi connectivity index (χ1) is 9.08. The summed E-state index contributed by atoms with van der Waals surface area (Å²) in [5, 5.41) is 15.2. The molecule has 102 valence electrons. The molecule has 4 nitrogen and oxygen atoms in total. The Morgan fingerprint density at radius 1 is 1.53 bits per heavy atom. The number of nitrogens with one attached hydrogen (secondary N) is 2. The quantitative estimate of drug-likeness (QED) is 0.787. The number of benzene rings is 1. The summed E-state index contributed by atoms with van der Waals surface area (Å²) in [6, 6.07) is 6.56. The second-order valence-electron chi connectivity index (χ2n) is 4.32. The highest BCUT2D eigenvalue weighted by Crippen LogP contribution is 2.23. The molecule has 1 unspecified atom stereocenters. The van der Waals surface area contributed by atoms with E-state index in [0.29, 0.717) is 22.8 Å². The molecule has 1 rings (SSSR count). The summed E-state index contributed by atoms with van der Waals surface area (Å²) < 4.78 is 0. The maximum atomic E-state index is 11.8. The van der Waals surface area contributed by atoms with E-state index in [2.05, 4.69) is 17.6 Å². The molecule has 0 bridgehead atoms. The fourth-order valence-corrected chi connectivity index (χ4v) is 1.72. The Morgan fingerprint density at radius 3 is 2.89 bits per heavy atom. The van der Waals surface area contributed by atoms with Crippen LogP contribution in [0.15, 0.2) is 18.2 Å². The van der Waals surface area contributed by atoms with Gasteiger partial charge in [0.1, 0.15) is 6.04 Å². The zero-order valence-corrected chi connectivity index (χ0v) is 11.9. The maximum Gasteiger partial charge on any atom is 0.242 e. The zero-order chi connectivity index (χ0) is 14.3. The molecule has 0 aliphatic rings. The van der Waals surface area contributed by atoms with Gasteiger partial charge in [0.25, 0.3) is 0 Å². The molecule has 0 spiro atoms. The Balaban J connectivity index is 2.63. The van der Waals surface area contributed by atoms with Crippen molar-refractivity contribution >= 4 is 23.2 Å². The molecule has 5 heteroatoms. The van der Waals surface area contributed by atoms with Crippen LogP contribution in [0.2, 0.25) is 5.02 Å². The number of rotatable bonds is 6. The van der Waals surface area contributed by atoms with Crippen LogP contribution in [-0.4, -0.2) is 18.5 Å². The molecule has 0 heterocycles. The third-order valence-electron chi connectivity index (χ3n) is 2.69. The fraction of sp³-hybridized carbons (Fsp3) is 0.429. The average Bonchev–Trinajstić information content (AvgIpc) is 2.41. The van der Waals surface area contributed by atoms with E-state index in [1.54, 1.807) is 25.1 Å². The predicted molar refractivity (Wildman–Crippen MR) is 77.2 cm³/mol. The van der Waals surface area contributed by atoms with Gasteiger partial charge in [-0.3, -0.25) is 4.79 Å². The van der Waals surface area contributed by atoms with Gasteiger partial charge in [0, 0.05) is 6.54 Å². The smallest absolute Gasteiger partial charge is 0.242 e. The Labute approximate surface area is 118 Å². The minimum Gasteiger partial charge on any atom is -0.373 e. The Hall–Kier alpha value is -1.73. The monoisotopic (exact) mass is 279 g/mol. The maximum absolute atomic E-state index is 11.8. The summed E-state index contributed by atoms with van der Waals surface area (Å²) in [5.74, 6) is -0.0770. The number of carbonyl (C=O) groups is 1. The van der Waals surface area contributed by atoms with Gasteiger partial charge in [-0.05, 0) is 31.5 Å². The second-order valence-corrected chi connectivity index (χ2v) is 4.72. The number of halogens is 1. The molecule has 19 heavy (non-hydrogen) atoms. The fourth-order valence-electron chi connectivity index (χ4n) is 1.55. The first-order valence-electron chi connectivity index (χ1n) is 6.32. The first-order valence-corrected chi connectivity index (χ1v) is 6.70. The van der Waals surface area contributed by atoms with Gasteiger partial charge >= 0.3 is 0 Å². The highest BCUT2D eigenvalue weighted by atomic mass is 35.5. The van der Waals surface area contributed by atoms with E-state index in [-0.39, 0.29) is 5.91 Å². The summed E-state index contributed by atoms with van der Waals surface area (Å²) in [6.45, 7) is 4.50. The van der Waals surface area contributed by atoms with Crippen molar-refractivity contribution in [3.05, 3.63) is 28.8 Å². The zero-order valence-electron chi connectivity index (χ0n) is 11.2. The standard InChI is InChI=1S/C14H18ClN3O/c1-3-4-7-17-14(19)10(2)18-13-8-11(9-16)5-6-12(13)15/h5-6,8,10,18H,3-4,7H2,1-2H3,(H,17,19). The van der Waals surface area contributed by atoms with Crippen molar-refractivity contribution in [3.63, 3.8) is 0 Å². The van der Waals surface area contributed by atoms with Gasteiger partial charge in [-0.1, -0.05) is 24.9 Å². The number of hydrogen-bond donors (Lipinski definition) is 2. The van der Waals surface area contributed by atoms with Crippen LogP contribution in [0.4, 0.5) is 5.69 Å². The minimum absolute atomic E-state index is 0.0770. The largest absolute Gasteiger partial charge is 0.373 e. The highest BCUT2D eigenvalue weighted by molar-refractivity contribution is 6.33. The van der Waals surface area contributed by atoms with Gasteiger partial charge in [0.15, 0.2) is 0 Å². The molecule has 1 amide bonds. The van der Waals surface area contributed by atoms with Crippen molar-refractivity contribution in [2.24, 2.45) is 0 Å². The Bertz CT molecular complexity index is 482. The summed E-state index contributed by atoms with van der Waals surface area (Å²) in [7, 11) is 0. The molecule has 0 aromatic heterocycles. The van der Waals surface area contributed by atoms with E-state index in [1.807, 2.05) is 6.07 Å². The van der Waals surface area contributed by atoms with Gasteiger partial charge in [0.05, 0.1) is 22.3 Å².